The summed E-state index contributed by atoms with van der Waals surface area (Å²) in [7, 11) is 0. The highest BCUT2D eigenvalue weighted by atomic mass is 32.1. The molecule has 0 aliphatic carbocycles. The number of nitrogens with one attached hydrogen (secondary N) is 1. The molecule has 116 valence electrons. The second kappa shape index (κ2) is 7.56. The summed E-state index contributed by atoms with van der Waals surface area (Å²) in [6.07, 6.45) is 4.83. The van der Waals surface area contributed by atoms with Gasteiger partial charge in [0.05, 0.1) is 16.7 Å². The molecule has 0 aromatic carbocycles. The van der Waals surface area contributed by atoms with Gasteiger partial charge < -0.3 is 14.6 Å². The van der Waals surface area contributed by atoms with E-state index in [1.807, 2.05) is 26.2 Å². The van der Waals surface area contributed by atoms with Crippen LogP contribution in [-0.2, 0) is 11.3 Å². The van der Waals surface area contributed by atoms with Crippen molar-refractivity contribution in [3.63, 3.8) is 0 Å². The second-order valence-corrected chi connectivity index (χ2v) is 6.28. The summed E-state index contributed by atoms with van der Waals surface area (Å²) in [5.74, 6) is 0.907. The number of imidazole rings is 1. The molecule has 1 unspecified atom stereocenters. The van der Waals surface area contributed by atoms with Crippen molar-refractivity contribution in [3.8, 4) is 0 Å². The SMILES string of the molecule is CCOCCCn1ccnc1NC(C)c1sc(C)nc1C. The van der Waals surface area contributed by atoms with Crippen LogP contribution in [0.25, 0.3) is 0 Å². The highest BCUT2D eigenvalue weighted by Gasteiger charge is 2.14. The Balaban J connectivity index is 1.96. The third-order valence-corrected chi connectivity index (χ3v) is 4.54. The predicted molar refractivity (Wildman–Crippen MR) is 87.0 cm³/mol. The molecule has 0 bridgehead atoms. The Morgan fingerprint density at radius 2 is 2.24 bits per heavy atom. The Morgan fingerprint density at radius 3 is 2.90 bits per heavy atom. The lowest BCUT2D eigenvalue weighted by molar-refractivity contribution is 0.142. The van der Waals surface area contributed by atoms with Gasteiger partial charge in [0.15, 0.2) is 0 Å². The minimum atomic E-state index is 0.212. The fraction of sp³-hybridized carbons (Fsp3) is 0.600. The van der Waals surface area contributed by atoms with Gasteiger partial charge in [-0.05, 0) is 34.1 Å². The molecule has 0 aliphatic rings. The second-order valence-electron chi connectivity index (χ2n) is 5.04. The summed E-state index contributed by atoms with van der Waals surface area (Å²) < 4.78 is 7.52. The first-order valence-corrected chi connectivity index (χ1v) is 8.22. The molecule has 0 saturated carbocycles. The molecule has 2 heterocycles. The van der Waals surface area contributed by atoms with E-state index in [-0.39, 0.29) is 6.04 Å². The van der Waals surface area contributed by atoms with E-state index >= 15 is 0 Å². The average molecular weight is 308 g/mol. The molecule has 6 heteroatoms. The van der Waals surface area contributed by atoms with Crippen molar-refractivity contribution in [1.82, 2.24) is 14.5 Å². The number of nitrogens with zero attached hydrogens (tertiary/aromatic N) is 3. The third-order valence-electron chi connectivity index (χ3n) is 3.29. The molecule has 2 rings (SSSR count). The van der Waals surface area contributed by atoms with Crippen molar-refractivity contribution in [2.24, 2.45) is 0 Å². The maximum atomic E-state index is 5.38. The van der Waals surface area contributed by atoms with E-state index < -0.39 is 0 Å². The summed E-state index contributed by atoms with van der Waals surface area (Å²) in [6.45, 7) is 10.8. The molecular weight excluding hydrogens is 284 g/mol. The Bertz CT molecular complexity index is 564. The van der Waals surface area contributed by atoms with Gasteiger partial charge in [-0.15, -0.1) is 11.3 Å². The first-order chi connectivity index (χ1) is 10.1. The molecule has 0 fully saturated rings. The molecule has 2 aromatic rings. The van der Waals surface area contributed by atoms with Crippen molar-refractivity contribution < 1.29 is 4.74 Å². The lowest BCUT2D eigenvalue weighted by Gasteiger charge is -2.15. The summed E-state index contributed by atoms with van der Waals surface area (Å²) in [5, 5.41) is 4.59. The van der Waals surface area contributed by atoms with Gasteiger partial charge in [0.2, 0.25) is 5.95 Å². The van der Waals surface area contributed by atoms with Crippen LogP contribution in [-0.4, -0.2) is 27.7 Å². The largest absolute Gasteiger partial charge is 0.382 e. The molecule has 0 aliphatic heterocycles. The summed E-state index contributed by atoms with van der Waals surface area (Å²) in [5.41, 5.74) is 1.10. The van der Waals surface area contributed by atoms with Gasteiger partial charge in [0.1, 0.15) is 0 Å². The first-order valence-electron chi connectivity index (χ1n) is 7.41. The van der Waals surface area contributed by atoms with Crippen LogP contribution < -0.4 is 5.32 Å². The van der Waals surface area contributed by atoms with E-state index in [1.54, 1.807) is 11.3 Å². The topological polar surface area (TPSA) is 52.0 Å². The number of anilines is 1. The number of hydrogen-bond acceptors (Lipinski definition) is 5. The van der Waals surface area contributed by atoms with Crippen LogP contribution in [0.3, 0.4) is 0 Å². The molecule has 21 heavy (non-hydrogen) atoms. The van der Waals surface area contributed by atoms with Gasteiger partial charge >= 0.3 is 0 Å². The normalized spacial score (nSPS) is 12.6. The van der Waals surface area contributed by atoms with E-state index in [1.165, 1.54) is 4.88 Å². The number of hydrogen-bond donors (Lipinski definition) is 1. The predicted octanol–water partition coefficient (Wildman–Crippen LogP) is 3.56. The molecule has 0 amide bonds. The van der Waals surface area contributed by atoms with E-state index in [2.05, 4.69) is 33.7 Å². The van der Waals surface area contributed by atoms with Gasteiger partial charge in [-0.3, -0.25) is 0 Å². The highest BCUT2D eigenvalue weighted by Crippen LogP contribution is 2.27. The monoisotopic (exact) mass is 308 g/mol. The van der Waals surface area contributed by atoms with Crippen LogP contribution >= 0.6 is 11.3 Å². The maximum Gasteiger partial charge on any atom is 0.203 e. The molecule has 1 N–H and O–H groups in total. The zero-order chi connectivity index (χ0) is 15.2. The minimum absolute atomic E-state index is 0.212. The molecule has 5 nitrogen and oxygen atoms in total. The Kier molecular flexibility index (Phi) is 5.76. The third kappa shape index (κ3) is 4.28. The summed E-state index contributed by atoms with van der Waals surface area (Å²) in [4.78, 5) is 10.2. The molecule has 2 aromatic heterocycles. The van der Waals surface area contributed by atoms with E-state index in [0.717, 1.165) is 42.8 Å². The molecule has 0 radical (unpaired) electrons. The van der Waals surface area contributed by atoms with Gasteiger partial charge in [-0.1, -0.05) is 0 Å². The van der Waals surface area contributed by atoms with Crippen molar-refractivity contribution in [1.29, 1.82) is 0 Å². The smallest absolute Gasteiger partial charge is 0.203 e. The number of ether oxygens (including phenoxy) is 1. The first kappa shape index (κ1) is 16.0. The minimum Gasteiger partial charge on any atom is -0.382 e. The number of aryl methyl sites for hydroxylation is 3. The van der Waals surface area contributed by atoms with E-state index in [9.17, 15) is 0 Å². The van der Waals surface area contributed by atoms with Crippen LogP contribution in [0.4, 0.5) is 5.95 Å². The Labute approximate surface area is 130 Å². The molecule has 0 saturated heterocycles. The van der Waals surface area contributed by atoms with Crippen molar-refractivity contribution in [2.45, 2.75) is 46.7 Å². The van der Waals surface area contributed by atoms with Gasteiger partial charge in [0, 0.05) is 37.0 Å². The van der Waals surface area contributed by atoms with Crippen LogP contribution in [0.5, 0.6) is 0 Å². The fourth-order valence-corrected chi connectivity index (χ4v) is 3.25. The standard InChI is InChI=1S/C15H24N4OS/c1-5-20-10-6-8-19-9-7-16-15(19)18-12(3)14-11(2)17-13(4)21-14/h7,9,12H,5-6,8,10H2,1-4H3,(H,16,18). The lowest BCUT2D eigenvalue weighted by atomic mass is 10.2. The average Bonchev–Trinajstić information content (AvgIpc) is 3.01. The number of thiazole rings is 1. The quantitative estimate of drug-likeness (QED) is 0.758. The fourth-order valence-electron chi connectivity index (χ4n) is 2.32. The summed E-state index contributed by atoms with van der Waals surface area (Å²) in [6, 6.07) is 0.212. The van der Waals surface area contributed by atoms with Crippen molar-refractivity contribution in [2.75, 3.05) is 18.5 Å². The van der Waals surface area contributed by atoms with E-state index in [4.69, 9.17) is 4.74 Å². The summed E-state index contributed by atoms with van der Waals surface area (Å²) >= 11 is 1.74. The van der Waals surface area contributed by atoms with Crippen molar-refractivity contribution in [3.05, 3.63) is 28.0 Å². The molecular formula is C15H24N4OS. The van der Waals surface area contributed by atoms with Crippen LogP contribution in [0.1, 0.15) is 41.9 Å². The van der Waals surface area contributed by atoms with Gasteiger partial charge in [-0.25, -0.2) is 9.97 Å². The lowest BCUT2D eigenvalue weighted by Crippen LogP contribution is -2.12. The molecule has 0 spiro atoms. The number of rotatable bonds is 8. The highest BCUT2D eigenvalue weighted by molar-refractivity contribution is 7.11. The van der Waals surface area contributed by atoms with Crippen LogP contribution in [0.2, 0.25) is 0 Å². The molecule has 1 atom stereocenters. The van der Waals surface area contributed by atoms with Gasteiger partial charge in [-0.2, -0.15) is 0 Å². The zero-order valence-electron chi connectivity index (χ0n) is 13.2. The van der Waals surface area contributed by atoms with E-state index in [0.29, 0.717) is 0 Å². The van der Waals surface area contributed by atoms with Crippen molar-refractivity contribution >= 4 is 17.3 Å². The maximum absolute atomic E-state index is 5.38. The van der Waals surface area contributed by atoms with Crippen LogP contribution in [0, 0.1) is 13.8 Å². The zero-order valence-corrected chi connectivity index (χ0v) is 14.0. The Hall–Kier alpha value is -1.40. The number of aromatic nitrogens is 3. The van der Waals surface area contributed by atoms with Crippen LogP contribution in [0.15, 0.2) is 12.4 Å². The van der Waals surface area contributed by atoms with Gasteiger partial charge in [0.25, 0.3) is 0 Å². The Morgan fingerprint density at radius 1 is 1.43 bits per heavy atom.